The topological polar surface area (TPSA) is 278 Å². The van der Waals surface area contributed by atoms with Gasteiger partial charge in [0, 0.05) is 45.4 Å². The van der Waals surface area contributed by atoms with E-state index in [4.69, 9.17) is 20.1 Å². The third-order valence-electron chi connectivity index (χ3n) is 13.1. The van der Waals surface area contributed by atoms with Gasteiger partial charge in [-0.05, 0) is 99.2 Å². The van der Waals surface area contributed by atoms with Crippen LogP contribution in [0.4, 0.5) is 5.82 Å². The standard InChI is InChI=1S/C55H78N12O8S/c1-8-66-47-42(33-59-40(25-26-55(6,7)73)45(47)63-51(66)46-50(56)65-75-64-46)74-30-18-28-57-27-17-20-43(69)58-29-16-14-12-10-9-11-13-15-19-44(70)62-49(54(3,4)5)53(72)67-34-39(68)31-41(67)52(71)60-32-37-21-23-38(24-22-37)48-36(2)61-35-76-48/h21-24,33,35,39,41,49,57,68,73H,8-20,27-32,34H2,1-7H3,(H2,56,65)(H,58,69)(H,60,71)(H,62,70). The Kier molecular flexibility index (Phi) is 21.7. The number of imidazole rings is 1. The highest BCUT2D eigenvalue weighted by atomic mass is 32.1. The number of aliphatic hydroxyl groups is 2. The number of aromatic nitrogens is 6. The molecule has 0 bridgehead atoms. The fourth-order valence-corrected chi connectivity index (χ4v) is 9.85. The van der Waals surface area contributed by atoms with Gasteiger partial charge in [0.15, 0.2) is 23.1 Å². The first-order chi connectivity index (χ1) is 36.3. The number of nitrogens with zero attached hydrogens (tertiary/aromatic N) is 7. The zero-order valence-electron chi connectivity index (χ0n) is 45.3. The number of anilines is 1. The van der Waals surface area contributed by atoms with Crippen LogP contribution in [0.3, 0.4) is 0 Å². The molecule has 6 rings (SSSR count). The minimum atomic E-state index is -1.22. The SMILES string of the molecule is CCn1c(-c2nonc2N)nc2c(C#CC(C)(C)O)ncc(OCCCNCCCC(=O)NCCCCCCCCCCC(=O)NC(C(=O)N3CC(O)CC3C(=O)NCc3ccc(-c4scnc4C)cc3)C(C)(C)C)c21. The van der Waals surface area contributed by atoms with Gasteiger partial charge in [-0.3, -0.25) is 19.2 Å². The molecule has 0 radical (unpaired) electrons. The Balaban J connectivity index is 0.790. The summed E-state index contributed by atoms with van der Waals surface area (Å²) in [7, 11) is 0. The summed E-state index contributed by atoms with van der Waals surface area (Å²) in [5.41, 5.74) is 10.8. The first-order valence-electron chi connectivity index (χ1n) is 26.7. The van der Waals surface area contributed by atoms with Crippen molar-refractivity contribution in [2.24, 2.45) is 5.41 Å². The van der Waals surface area contributed by atoms with E-state index < -0.39 is 29.2 Å². The van der Waals surface area contributed by atoms with Crippen LogP contribution in [0.2, 0.25) is 0 Å². The number of nitrogens with one attached hydrogen (secondary N) is 4. The van der Waals surface area contributed by atoms with Crippen molar-refractivity contribution in [1.29, 1.82) is 0 Å². The molecule has 1 aromatic carbocycles. The van der Waals surface area contributed by atoms with Crippen LogP contribution in [0, 0.1) is 24.2 Å². The highest BCUT2D eigenvalue weighted by Crippen LogP contribution is 2.34. The summed E-state index contributed by atoms with van der Waals surface area (Å²) in [4.78, 5) is 69.2. The fourth-order valence-electron chi connectivity index (χ4n) is 9.04. The molecule has 4 aromatic heterocycles. The molecule has 21 heteroatoms. The number of thiazole rings is 1. The van der Waals surface area contributed by atoms with Crippen LogP contribution < -0.4 is 31.7 Å². The number of ether oxygens (including phenoxy) is 1. The van der Waals surface area contributed by atoms with Crippen LogP contribution in [0.5, 0.6) is 5.75 Å². The van der Waals surface area contributed by atoms with Gasteiger partial charge >= 0.3 is 0 Å². The van der Waals surface area contributed by atoms with E-state index in [1.807, 2.05) is 69.0 Å². The van der Waals surface area contributed by atoms with Gasteiger partial charge in [-0.2, -0.15) is 0 Å². The summed E-state index contributed by atoms with van der Waals surface area (Å²) in [5, 5.41) is 40.8. The molecule has 4 amide bonds. The smallest absolute Gasteiger partial charge is 0.246 e. The number of likely N-dealkylation sites (tertiary alicyclic amines) is 1. The summed E-state index contributed by atoms with van der Waals surface area (Å²) >= 11 is 1.58. The number of hydrogen-bond donors (Lipinski definition) is 7. The maximum absolute atomic E-state index is 14.0. The van der Waals surface area contributed by atoms with E-state index in [2.05, 4.69) is 53.4 Å². The molecule has 3 unspecified atom stereocenters. The van der Waals surface area contributed by atoms with Crippen molar-refractivity contribution in [3.63, 3.8) is 0 Å². The molecule has 1 fully saturated rings. The Morgan fingerprint density at radius 2 is 1.61 bits per heavy atom. The first-order valence-corrected chi connectivity index (χ1v) is 27.6. The fraction of sp³-hybridized carbons (Fsp3) is 0.582. The number of nitrogen functional groups attached to an aromatic ring is 1. The van der Waals surface area contributed by atoms with Crippen molar-refractivity contribution < 1.29 is 38.8 Å². The third-order valence-corrected chi connectivity index (χ3v) is 14.1. The molecule has 5 heterocycles. The van der Waals surface area contributed by atoms with E-state index in [0.717, 1.165) is 73.1 Å². The molecule has 8 N–H and O–H groups in total. The van der Waals surface area contributed by atoms with Gasteiger partial charge in [0.1, 0.15) is 34.4 Å². The predicted molar refractivity (Wildman–Crippen MR) is 293 cm³/mol. The van der Waals surface area contributed by atoms with Gasteiger partial charge in [-0.1, -0.05) is 89.5 Å². The van der Waals surface area contributed by atoms with Gasteiger partial charge in [-0.25, -0.2) is 19.6 Å². The van der Waals surface area contributed by atoms with Gasteiger partial charge in [0.05, 0.1) is 35.0 Å². The predicted octanol–water partition coefficient (Wildman–Crippen LogP) is 6.21. The van der Waals surface area contributed by atoms with Crippen molar-refractivity contribution in [3.8, 4) is 39.5 Å². The second kappa shape index (κ2) is 28.1. The summed E-state index contributed by atoms with van der Waals surface area (Å²) in [6.07, 6.45) is 10.9. The lowest BCUT2D eigenvalue weighted by atomic mass is 9.85. The maximum Gasteiger partial charge on any atom is 0.246 e. The van der Waals surface area contributed by atoms with Gasteiger partial charge < -0.3 is 51.4 Å². The number of nitrogens with two attached hydrogens (primary N) is 1. The lowest BCUT2D eigenvalue weighted by Gasteiger charge is -2.35. The van der Waals surface area contributed by atoms with Crippen LogP contribution in [0.25, 0.3) is 33.0 Å². The molecule has 3 atom stereocenters. The van der Waals surface area contributed by atoms with Crippen molar-refractivity contribution in [3.05, 3.63) is 52.9 Å². The number of carbonyl (C=O) groups excluding carboxylic acids is 4. The molecular weight excluding hydrogens is 989 g/mol. The monoisotopic (exact) mass is 1070 g/mol. The van der Waals surface area contributed by atoms with Crippen LogP contribution in [-0.4, -0.2) is 125 Å². The Hall–Kier alpha value is -6.47. The van der Waals surface area contributed by atoms with Crippen molar-refractivity contribution in [1.82, 2.24) is 56.0 Å². The van der Waals surface area contributed by atoms with Crippen LogP contribution >= 0.6 is 11.3 Å². The number of carbonyl (C=O) groups is 4. The highest BCUT2D eigenvalue weighted by molar-refractivity contribution is 7.13. The van der Waals surface area contributed by atoms with Crippen LogP contribution in [0.1, 0.15) is 142 Å². The van der Waals surface area contributed by atoms with Crippen LogP contribution in [-0.2, 0) is 32.3 Å². The van der Waals surface area contributed by atoms with Gasteiger partial charge in [0.25, 0.3) is 0 Å². The van der Waals surface area contributed by atoms with E-state index in [9.17, 15) is 29.4 Å². The van der Waals surface area contributed by atoms with Gasteiger partial charge in [-0.15, -0.1) is 11.3 Å². The lowest BCUT2D eigenvalue weighted by molar-refractivity contribution is -0.144. The number of aliphatic hydroxyl groups excluding tert-OH is 1. The minimum Gasteiger partial charge on any atom is -0.490 e. The number of β-amino-alcohol motifs (C(OH)–C–C–N with tert-alkyl or cyclic N) is 1. The first kappa shape index (κ1) is 58.8. The highest BCUT2D eigenvalue weighted by Gasteiger charge is 2.44. The number of rotatable bonds is 28. The van der Waals surface area contributed by atoms with Crippen molar-refractivity contribution in [2.75, 3.05) is 38.5 Å². The number of amides is 4. The zero-order valence-corrected chi connectivity index (χ0v) is 46.1. The molecule has 76 heavy (non-hydrogen) atoms. The van der Waals surface area contributed by atoms with E-state index in [1.54, 1.807) is 31.4 Å². The van der Waals surface area contributed by atoms with E-state index in [1.165, 1.54) is 4.90 Å². The normalized spacial score (nSPS) is 15.1. The molecule has 5 aromatic rings. The molecule has 1 saturated heterocycles. The summed E-state index contributed by atoms with van der Waals surface area (Å²) in [5.74, 6) is 5.95. The molecular formula is C55H78N12O8S. The Morgan fingerprint density at radius 1 is 0.908 bits per heavy atom. The van der Waals surface area contributed by atoms with E-state index in [-0.39, 0.29) is 49.0 Å². The zero-order chi connectivity index (χ0) is 54.8. The molecule has 1 aliphatic heterocycles. The maximum atomic E-state index is 14.0. The van der Waals surface area contributed by atoms with E-state index in [0.29, 0.717) is 92.5 Å². The molecule has 412 valence electrons. The summed E-state index contributed by atoms with van der Waals surface area (Å²) in [6, 6.07) is 6.23. The lowest BCUT2D eigenvalue weighted by Crippen LogP contribution is -2.57. The minimum absolute atomic E-state index is 0.0274. The Morgan fingerprint density at radius 3 is 2.26 bits per heavy atom. The Bertz CT molecular complexity index is 2770. The van der Waals surface area contributed by atoms with Crippen molar-refractivity contribution in [2.45, 2.75) is 169 Å². The number of aryl methyl sites for hydroxylation is 2. The summed E-state index contributed by atoms with van der Waals surface area (Å²) in [6.45, 7) is 16.1. The molecule has 0 aliphatic carbocycles. The largest absolute Gasteiger partial charge is 0.490 e. The number of pyridine rings is 1. The van der Waals surface area contributed by atoms with Gasteiger partial charge in [0.2, 0.25) is 23.6 Å². The number of hydrogen-bond acceptors (Lipinski definition) is 16. The third kappa shape index (κ3) is 17.0. The van der Waals surface area contributed by atoms with Crippen molar-refractivity contribution >= 4 is 51.8 Å². The number of unbranched alkanes of at least 4 members (excludes halogenated alkanes) is 7. The molecule has 0 saturated carbocycles. The summed E-state index contributed by atoms with van der Waals surface area (Å²) < 4.78 is 12.9. The molecule has 0 spiro atoms. The number of benzene rings is 1. The van der Waals surface area contributed by atoms with E-state index >= 15 is 0 Å². The second-order valence-electron chi connectivity index (χ2n) is 21.1. The van der Waals surface area contributed by atoms with Crippen LogP contribution in [0.15, 0.2) is 40.6 Å². The second-order valence-corrected chi connectivity index (χ2v) is 21.9. The average Bonchev–Trinajstić information content (AvgIpc) is 4.20. The molecule has 20 nitrogen and oxygen atoms in total. The average molecular weight is 1070 g/mol. The quantitative estimate of drug-likeness (QED) is 0.0217. The Labute approximate surface area is 450 Å². The number of fused-ring (bicyclic) bond motifs is 1. The molecule has 1 aliphatic rings.